The molecule has 0 spiro atoms. The van der Waals surface area contributed by atoms with Crippen LogP contribution in [0.25, 0.3) is 0 Å². The number of carboxylic acid groups (broad SMARTS) is 1. The number of aliphatic hydroxyl groups excluding tert-OH is 1. The maximum Gasteiger partial charge on any atom is 0.335 e. The van der Waals surface area contributed by atoms with E-state index in [0.29, 0.717) is 5.69 Å². The number of methoxy groups -OCH3 is 1. The van der Waals surface area contributed by atoms with Crippen LogP contribution in [0.15, 0.2) is 84.9 Å². The summed E-state index contributed by atoms with van der Waals surface area (Å²) in [5.74, 6) is -1.49. The Kier molecular flexibility index (Phi) is 12.3. The van der Waals surface area contributed by atoms with Crippen LogP contribution in [0.3, 0.4) is 0 Å². The normalized spacial score (nSPS) is 9.77. The van der Waals surface area contributed by atoms with E-state index in [1.807, 2.05) is 50.2 Å². The number of carbonyl (C=O) groups is 2. The summed E-state index contributed by atoms with van der Waals surface area (Å²) in [5.41, 5.74) is 8.99. The number of nitrogens with zero attached hydrogens (tertiary/aromatic N) is 2. The summed E-state index contributed by atoms with van der Waals surface area (Å²) in [7, 11) is 1.32. The second-order valence-corrected chi connectivity index (χ2v) is 8.94. The molecule has 13 heteroatoms. The lowest BCUT2D eigenvalue weighted by atomic mass is 10.1. The number of amides is 1. The number of nitrogens with two attached hydrogens (primary N) is 1. The number of hydrogen-bond donors (Lipinski definition) is 4. The molecule has 224 valence electrons. The van der Waals surface area contributed by atoms with E-state index in [1.54, 1.807) is 12.1 Å². The molecule has 13 nitrogen and oxygen atoms in total. The third-order valence-electron chi connectivity index (χ3n) is 5.72. The SMILES string of the molecule is COc1cc(C(=O)Nc2ccc(C)cc2)ccc1[N+](=O)[O-].Cc1ccc(N)cc1.O=C(O)c1ccc([N+](=O)[O-])c(CO)c1. The quantitative estimate of drug-likeness (QED) is 0.120. The summed E-state index contributed by atoms with van der Waals surface area (Å²) >= 11 is 0. The average Bonchev–Trinajstić information content (AvgIpc) is 2.99. The number of carboxylic acids is 1. The predicted molar refractivity (Wildman–Crippen MR) is 160 cm³/mol. The van der Waals surface area contributed by atoms with Gasteiger partial charge in [0.15, 0.2) is 5.75 Å². The van der Waals surface area contributed by atoms with Gasteiger partial charge in [0.05, 0.1) is 34.7 Å². The van der Waals surface area contributed by atoms with Gasteiger partial charge in [0.1, 0.15) is 0 Å². The highest BCUT2D eigenvalue weighted by molar-refractivity contribution is 6.04. The number of nitrogens with one attached hydrogen (secondary N) is 1. The van der Waals surface area contributed by atoms with Crippen LogP contribution >= 0.6 is 0 Å². The molecule has 0 heterocycles. The van der Waals surface area contributed by atoms with E-state index in [2.05, 4.69) is 5.32 Å². The van der Waals surface area contributed by atoms with E-state index in [9.17, 15) is 29.8 Å². The molecule has 4 aromatic rings. The van der Waals surface area contributed by atoms with Gasteiger partial charge in [0.2, 0.25) is 0 Å². The summed E-state index contributed by atoms with van der Waals surface area (Å²) < 4.78 is 4.94. The summed E-state index contributed by atoms with van der Waals surface area (Å²) in [6, 6.07) is 22.4. The first-order chi connectivity index (χ1) is 20.4. The van der Waals surface area contributed by atoms with Crippen LogP contribution in [-0.2, 0) is 6.61 Å². The van der Waals surface area contributed by atoms with Gasteiger partial charge in [0, 0.05) is 35.1 Å². The Morgan fingerprint density at radius 1 is 0.814 bits per heavy atom. The third kappa shape index (κ3) is 10.3. The van der Waals surface area contributed by atoms with Crippen molar-refractivity contribution in [3.8, 4) is 5.75 Å². The highest BCUT2D eigenvalue weighted by atomic mass is 16.6. The van der Waals surface area contributed by atoms with Gasteiger partial charge in [-0.2, -0.15) is 0 Å². The zero-order valence-electron chi connectivity index (χ0n) is 23.5. The lowest BCUT2D eigenvalue weighted by Gasteiger charge is -2.07. The number of aryl methyl sites for hydroxylation is 2. The summed E-state index contributed by atoms with van der Waals surface area (Å²) in [6.07, 6.45) is 0. The Labute approximate surface area is 246 Å². The number of anilines is 2. The van der Waals surface area contributed by atoms with Gasteiger partial charge >= 0.3 is 11.7 Å². The van der Waals surface area contributed by atoms with Crippen LogP contribution in [0, 0.1) is 34.1 Å². The van der Waals surface area contributed by atoms with Crippen LogP contribution in [0.1, 0.15) is 37.4 Å². The topological polar surface area (TPSA) is 208 Å². The predicted octanol–water partition coefficient (Wildman–Crippen LogP) is 5.53. The fourth-order valence-corrected chi connectivity index (χ4v) is 3.40. The number of nitrogen functional groups attached to an aromatic ring is 1. The molecule has 43 heavy (non-hydrogen) atoms. The van der Waals surface area contributed by atoms with Gasteiger partial charge in [-0.1, -0.05) is 35.4 Å². The van der Waals surface area contributed by atoms with E-state index in [-0.39, 0.29) is 39.7 Å². The van der Waals surface area contributed by atoms with Crippen molar-refractivity contribution in [2.24, 2.45) is 0 Å². The van der Waals surface area contributed by atoms with Crippen molar-refractivity contribution in [1.82, 2.24) is 0 Å². The summed E-state index contributed by atoms with van der Waals surface area (Å²) in [6.45, 7) is 3.43. The van der Waals surface area contributed by atoms with Gasteiger partial charge in [-0.3, -0.25) is 25.0 Å². The maximum atomic E-state index is 12.1. The molecular weight excluding hydrogens is 560 g/mol. The molecule has 0 radical (unpaired) electrons. The minimum absolute atomic E-state index is 0.00472. The largest absolute Gasteiger partial charge is 0.490 e. The standard InChI is InChI=1S/C15H14N2O4.C8H7NO5.C7H9N/c1-10-3-6-12(7-4-10)16-15(18)11-5-8-13(17(19)20)14(9-11)21-2;10-4-6-3-5(8(11)12)1-2-7(6)9(13)14;1-6-2-4-7(8)5-3-6/h3-9H,1-2H3,(H,16,18);1-3,10H,4H2,(H,11,12);2-5H,8H2,1H3. The second kappa shape index (κ2) is 15.8. The van der Waals surface area contributed by atoms with Crippen molar-refractivity contribution in [1.29, 1.82) is 0 Å². The smallest absolute Gasteiger partial charge is 0.335 e. The van der Waals surface area contributed by atoms with Gasteiger partial charge in [-0.15, -0.1) is 0 Å². The number of ether oxygens (including phenoxy) is 1. The number of rotatable bonds is 7. The van der Waals surface area contributed by atoms with Crippen LogP contribution in [0.4, 0.5) is 22.7 Å². The average molecular weight is 591 g/mol. The first-order valence-corrected chi connectivity index (χ1v) is 12.5. The molecule has 0 aromatic heterocycles. The molecule has 0 aliphatic rings. The second-order valence-electron chi connectivity index (χ2n) is 8.94. The van der Waals surface area contributed by atoms with E-state index >= 15 is 0 Å². The van der Waals surface area contributed by atoms with Gasteiger partial charge < -0.3 is 26.0 Å². The number of hydrogen-bond acceptors (Lipinski definition) is 9. The number of nitro groups is 2. The van der Waals surface area contributed by atoms with Gasteiger partial charge in [-0.05, 0) is 56.3 Å². The molecule has 5 N–H and O–H groups in total. The number of nitro benzene ring substituents is 2. The van der Waals surface area contributed by atoms with Crippen molar-refractivity contribution in [2.45, 2.75) is 20.5 Å². The monoisotopic (exact) mass is 590 g/mol. The molecule has 0 saturated heterocycles. The number of carbonyl (C=O) groups excluding carboxylic acids is 1. The van der Waals surface area contributed by atoms with Crippen molar-refractivity contribution in [3.05, 3.63) is 133 Å². The molecule has 4 aromatic carbocycles. The summed E-state index contributed by atoms with van der Waals surface area (Å²) in [5, 5.41) is 41.3. The third-order valence-corrected chi connectivity index (χ3v) is 5.72. The van der Waals surface area contributed by atoms with E-state index in [0.717, 1.165) is 29.4 Å². The highest BCUT2D eigenvalue weighted by Gasteiger charge is 2.18. The Morgan fingerprint density at radius 3 is 1.79 bits per heavy atom. The zero-order chi connectivity index (χ0) is 32.1. The Morgan fingerprint density at radius 2 is 1.33 bits per heavy atom. The van der Waals surface area contributed by atoms with E-state index in [4.69, 9.17) is 20.7 Å². The number of aliphatic hydroxyl groups is 1. The molecule has 0 aliphatic carbocycles. The molecule has 0 atom stereocenters. The fourth-order valence-electron chi connectivity index (χ4n) is 3.40. The van der Waals surface area contributed by atoms with Crippen LogP contribution < -0.4 is 15.8 Å². The molecule has 1 amide bonds. The van der Waals surface area contributed by atoms with Crippen molar-refractivity contribution in [3.63, 3.8) is 0 Å². The van der Waals surface area contributed by atoms with E-state index in [1.165, 1.54) is 30.9 Å². The molecule has 0 bridgehead atoms. The lowest BCUT2D eigenvalue weighted by molar-refractivity contribution is -0.386. The van der Waals surface area contributed by atoms with E-state index < -0.39 is 22.4 Å². The zero-order valence-corrected chi connectivity index (χ0v) is 23.5. The van der Waals surface area contributed by atoms with Crippen molar-refractivity contribution >= 4 is 34.6 Å². The van der Waals surface area contributed by atoms with Gasteiger partial charge in [-0.25, -0.2) is 4.79 Å². The number of aromatic carboxylic acids is 1. The maximum absolute atomic E-state index is 12.1. The van der Waals surface area contributed by atoms with Crippen molar-refractivity contribution in [2.75, 3.05) is 18.2 Å². The first kappa shape index (κ1) is 33.4. The molecular formula is C30H30N4O9. The molecule has 0 fully saturated rings. The Bertz CT molecular complexity index is 1570. The fraction of sp³-hybridized carbons (Fsp3) is 0.133. The Hall–Kier alpha value is -5.82. The molecule has 0 saturated carbocycles. The molecule has 4 rings (SSSR count). The van der Waals surface area contributed by atoms with Crippen LogP contribution in [0.5, 0.6) is 5.75 Å². The van der Waals surface area contributed by atoms with Crippen LogP contribution in [-0.4, -0.2) is 39.0 Å². The minimum atomic E-state index is -1.19. The summed E-state index contributed by atoms with van der Waals surface area (Å²) in [4.78, 5) is 42.6. The first-order valence-electron chi connectivity index (χ1n) is 12.5. The van der Waals surface area contributed by atoms with Crippen molar-refractivity contribution < 1.29 is 34.4 Å². The number of benzene rings is 4. The molecule has 0 aliphatic heterocycles. The highest BCUT2D eigenvalue weighted by Crippen LogP contribution is 2.28. The molecule has 0 unspecified atom stereocenters. The minimum Gasteiger partial charge on any atom is -0.490 e. The Balaban J connectivity index is 0.000000251. The van der Waals surface area contributed by atoms with Crippen LogP contribution in [0.2, 0.25) is 0 Å². The van der Waals surface area contributed by atoms with Gasteiger partial charge in [0.25, 0.3) is 11.6 Å². The lowest BCUT2D eigenvalue weighted by Crippen LogP contribution is -2.12.